The van der Waals surface area contributed by atoms with Crippen molar-refractivity contribution >= 4 is 81.1 Å². The molecule has 0 saturated heterocycles. The van der Waals surface area contributed by atoms with E-state index in [1.807, 2.05) is 72.8 Å². The normalized spacial score (nSPS) is 13.2. The van der Waals surface area contributed by atoms with Gasteiger partial charge in [-0.15, -0.1) is 11.3 Å². The van der Waals surface area contributed by atoms with Crippen molar-refractivity contribution in [3.8, 4) is 45.6 Å². The summed E-state index contributed by atoms with van der Waals surface area (Å²) >= 11 is 1.78. The minimum Gasteiger partial charge on any atom is -0.455 e. The maximum Gasteiger partial charge on any atom is 0.180 e. The smallest absolute Gasteiger partial charge is 0.180 e. The van der Waals surface area contributed by atoms with Gasteiger partial charge in [0.2, 0.25) is 0 Å². The number of benzene rings is 6. The van der Waals surface area contributed by atoms with Gasteiger partial charge >= 0.3 is 0 Å². The number of hydrogen-bond donors (Lipinski definition) is 0. The predicted molar refractivity (Wildman–Crippen MR) is 231 cm³/mol. The number of nitrogens with zero attached hydrogens (tertiary/aromatic N) is 5. The van der Waals surface area contributed by atoms with Crippen molar-refractivity contribution in [3.63, 3.8) is 0 Å². The number of thiophene rings is 1. The highest BCUT2D eigenvalue weighted by Gasteiger charge is 2.23. The van der Waals surface area contributed by atoms with Gasteiger partial charge in [0, 0.05) is 53.0 Å². The average molecular weight is 752 g/mol. The first-order valence-corrected chi connectivity index (χ1v) is 19.8. The van der Waals surface area contributed by atoms with Crippen molar-refractivity contribution in [1.82, 2.24) is 24.9 Å². The molecule has 0 spiro atoms. The molecule has 0 amide bonds. The Kier molecular flexibility index (Phi) is 7.09. The minimum absolute atomic E-state index is 0.530. The summed E-state index contributed by atoms with van der Waals surface area (Å²) in [5.41, 5.74) is 8.96. The van der Waals surface area contributed by atoms with Gasteiger partial charge in [0.1, 0.15) is 28.0 Å². The Morgan fingerprint density at radius 2 is 1.18 bits per heavy atom. The van der Waals surface area contributed by atoms with Crippen LogP contribution in [0.25, 0.3) is 115 Å². The number of para-hydroxylation sites is 2. The Labute approximate surface area is 329 Å². The maximum atomic E-state index is 6.78. The van der Waals surface area contributed by atoms with E-state index in [1.165, 1.54) is 20.2 Å². The molecule has 0 N–H and O–H groups in total. The summed E-state index contributed by atoms with van der Waals surface area (Å²) < 4.78 is 15.6. The molecule has 5 aromatic heterocycles. The van der Waals surface area contributed by atoms with E-state index in [4.69, 9.17) is 33.8 Å². The summed E-state index contributed by atoms with van der Waals surface area (Å²) in [6.07, 6.45) is 8.50. The van der Waals surface area contributed by atoms with Crippen LogP contribution in [0.3, 0.4) is 0 Å². The summed E-state index contributed by atoms with van der Waals surface area (Å²) in [5.74, 6) is 2.32. The molecule has 0 atom stereocenters. The Bertz CT molecular complexity index is 3480. The molecule has 0 aliphatic heterocycles. The van der Waals surface area contributed by atoms with Crippen LogP contribution >= 0.6 is 11.3 Å². The zero-order valence-corrected chi connectivity index (χ0v) is 31.1. The third-order valence-electron chi connectivity index (χ3n) is 10.8. The Morgan fingerprint density at radius 1 is 0.474 bits per heavy atom. The SMILES string of the molecule is C1=CC(c2nc(-c3cccc4oc5c(-c6nc(-c7ccccc7)nc(-c7ccc8c(c7)sc7ccccc78)n6)cccc5c34)nc3c2oc2ccccc23)=CCC1. The summed E-state index contributed by atoms with van der Waals surface area (Å²) in [6, 6.07) is 45.3. The summed E-state index contributed by atoms with van der Waals surface area (Å²) in [6.45, 7) is 0. The molecule has 12 rings (SSSR count). The second-order valence-electron chi connectivity index (χ2n) is 14.3. The molecule has 0 unspecified atom stereocenters. The van der Waals surface area contributed by atoms with Gasteiger partial charge in [-0.3, -0.25) is 0 Å². The van der Waals surface area contributed by atoms with Crippen LogP contribution in [-0.4, -0.2) is 24.9 Å². The maximum absolute atomic E-state index is 6.78. The van der Waals surface area contributed by atoms with Gasteiger partial charge in [0.05, 0.1) is 5.56 Å². The van der Waals surface area contributed by atoms with Crippen molar-refractivity contribution in [2.24, 2.45) is 0 Å². The summed E-state index contributed by atoms with van der Waals surface area (Å²) in [5, 5.41) is 5.28. The summed E-state index contributed by atoms with van der Waals surface area (Å²) in [7, 11) is 0. The first kappa shape index (κ1) is 32.0. The van der Waals surface area contributed by atoms with Gasteiger partial charge in [0.15, 0.2) is 28.9 Å². The molecule has 0 bridgehead atoms. The molecule has 0 saturated carbocycles. The molecule has 0 radical (unpaired) electrons. The predicted octanol–water partition coefficient (Wildman–Crippen LogP) is 13.2. The minimum atomic E-state index is 0.530. The van der Waals surface area contributed by atoms with E-state index < -0.39 is 0 Å². The highest BCUT2D eigenvalue weighted by Crippen LogP contribution is 2.42. The van der Waals surface area contributed by atoms with Crippen LogP contribution < -0.4 is 0 Å². The highest BCUT2D eigenvalue weighted by atomic mass is 32.1. The molecule has 5 heterocycles. The third kappa shape index (κ3) is 5.15. The van der Waals surface area contributed by atoms with Crippen LogP contribution in [-0.2, 0) is 0 Å². The standard InChI is InChI=1S/C49H29N5O2S/c1-3-13-28(14-4-1)42-45-43(33-18-7-9-22-37(33)55-45)51-48(50-42)35-20-12-23-38-41(35)34-19-11-21-36(44(34)56-38)49-53-46(29-15-5-2-6-16-29)52-47(54-49)30-25-26-32-31-17-8-10-24-39(31)57-40(32)27-30/h2-3,5-27H,1,4H2. The van der Waals surface area contributed by atoms with E-state index in [0.29, 0.717) is 34.5 Å². The molecule has 57 heavy (non-hydrogen) atoms. The first-order valence-electron chi connectivity index (χ1n) is 19.0. The molecule has 6 aromatic carbocycles. The molecule has 0 fully saturated rings. The van der Waals surface area contributed by atoms with E-state index in [2.05, 4.69) is 78.9 Å². The van der Waals surface area contributed by atoms with Crippen LogP contribution in [0.5, 0.6) is 0 Å². The molecule has 1 aliphatic carbocycles. The number of aromatic nitrogens is 5. The molecular formula is C49H29N5O2S. The number of furan rings is 2. The van der Waals surface area contributed by atoms with Gasteiger partial charge in [-0.2, -0.15) is 0 Å². The lowest BCUT2D eigenvalue weighted by Crippen LogP contribution is -2.00. The Hall–Kier alpha value is -7.29. The fraction of sp³-hybridized carbons (Fsp3) is 0.0408. The van der Waals surface area contributed by atoms with Crippen molar-refractivity contribution in [1.29, 1.82) is 0 Å². The van der Waals surface area contributed by atoms with Gasteiger partial charge in [-0.05, 0) is 54.8 Å². The van der Waals surface area contributed by atoms with Gasteiger partial charge in [-0.25, -0.2) is 24.9 Å². The van der Waals surface area contributed by atoms with Crippen LogP contribution in [0, 0.1) is 0 Å². The third-order valence-corrected chi connectivity index (χ3v) is 11.9. The van der Waals surface area contributed by atoms with Gasteiger partial charge < -0.3 is 8.83 Å². The Morgan fingerprint density at radius 3 is 2.07 bits per heavy atom. The molecule has 268 valence electrons. The summed E-state index contributed by atoms with van der Waals surface area (Å²) in [4.78, 5) is 25.7. The van der Waals surface area contributed by atoms with Crippen molar-refractivity contribution < 1.29 is 8.83 Å². The van der Waals surface area contributed by atoms with E-state index in [1.54, 1.807) is 11.3 Å². The largest absolute Gasteiger partial charge is 0.455 e. The van der Waals surface area contributed by atoms with Crippen LogP contribution in [0.1, 0.15) is 18.5 Å². The average Bonchev–Trinajstić information content (AvgIpc) is 3.97. The zero-order valence-electron chi connectivity index (χ0n) is 30.3. The van der Waals surface area contributed by atoms with Crippen molar-refractivity contribution in [3.05, 3.63) is 157 Å². The van der Waals surface area contributed by atoms with E-state index >= 15 is 0 Å². The number of fused-ring (bicyclic) bond motifs is 9. The monoisotopic (exact) mass is 751 g/mol. The number of allylic oxidation sites excluding steroid dienone is 4. The van der Waals surface area contributed by atoms with Crippen LogP contribution in [0.4, 0.5) is 0 Å². The molecular weight excluding hydrogens is 723 g/mol. The molecule has 8 heteroatoms. The molecule has 11 aromatic rings. The highest BCUT2D eigenvalue weighted by molar-refractivity contribution is 7.25. The molecule has 1 aliphatic rings. The van der Waals surface area contributed by atoms with Crippen LogP contribution in [0.15, 0.2) is 161 Å². The lowest BCUT2D eigenvalue weighted by atomic mass is 10.0. The topological polar surface area (TPSA) is 90.7 Å². The second-order valence-corrected chi connectivity index (χ2v) is 15.3. The molecule has 7 nitrogen and oxygen atoms in total. The van der Waals surface area contributed by atoms with Crippen molar-refractivity contribution in [2.45, 2.75) is 12.8 Å². The number of rotatable bonds is 5. The second kappa shape index (κ2) is 12.6. The zero-order chi connectivity index (χ0) is 37.5. The van der Waals surface area contributed by atoms with Crippen molar-refractivity contribution in [2.75, 3.05) is 0 Å². The quantitative estimate of drug-likeness (QED) is 0.173. The van der Waals surface area contributed by atoms with Gasteiger partial charge in [0.25, 0.3) is 0 Å². The van der Waals surface area contributed by atoms with Gasteiger partial charge in [-0.1, -0.05) is 115 Å². The fourth-order valence-electron chi connectivity index (χ4n) is 8.11. The lowest BCUT2D eigenvalue weighted by Gasteiger charge is -2.10. The van der Waals surface area contributed by atoms with E-state index in [-0.39, 0.29) is 0 Å². The Balaban J connectivity index is 1.06. The van der Waals surface area contributed by atoms with Crippen LogP contribution in [0.2, 0.25) is 0 Å². The first-order chi connectivity index (χ1) is 28.2. The van der Waals surface area contributed by atoms with E-state index in [0.717, 1.165) is 79.2 Å². The van der Waals surface area contributed by atoms with E-state index in [9.17, 15) is 0 Å². The lowest BCUT2D eigenvalue weighted by molar-refractivity contribution is 0.664. The number of hydrogen-bond acceptors (Lipinski definition) is 8. The fourth-order valence-corrected chi connectivity index (χ4v) is 9.26.